The Kier molecular flexibility index (Phi) is 4.95. The number of amides is 2. The first-order valence-corrected chi connectivity index (χ1v) is 7.09. The molecule has 2 rings (SSSR count). The predicted molar refractivity (Wildman–Crippen MR) is 72.0 cm³/mol. The highest BCUT2D eigenvalue weighted by Gasteiger charge is 2.38. The smallest absolute Gasteiger partial charge is 0.245 e. The Morgan fingerprint density at radius 3 is 2.80 bits per heavy atom. The number of carbonyl (C=O) groups excluding carboxylic acids is 2. The summed E-state index contributed by atoms with van der Waals surface area (Å²) in [5.41, 5.74) is 0. The van der Waals surface area contributed by atoms with Crippen LogP contribution in [0.15, 0.2) is 0 Å². The van der Waals surface area contributed by atoms with E-state index in [1.165, 1.54) is 0 Å². The minimum Gasteiger partial charge on any atom is -0.392 e. The second-order valence-corrected chi connectivity index (χ2v) is 5.64. The molecule has 2 amide bonds. The van der Waals surface area contributed by atoms with Crippen LogP contribution in [-0.2, 0) is 14.3 Å². The number of aliphatic hydroxyl groups is 1. The van der Waals surface area contributed by atoms with Crippen LogP contribution in [0.2, 0.25) is 0 Å². The van der Waals surface area contributed by atoms with Gasteiger partial charge < -0.3 is 25.4 Å². The van der Waals surface area contributed by atoms with Crippen molar-refractivity contribution in [1.29, 1.82) is 0 Å². The molecule has 114 valence electrons. The van der Waals surface area contributed by atoms with E-state index >= 15 is 0 Å². The summed E-state index contributed by atoms with van der Waals surface area (Å²) in [5.74, 6) is -0.319. The van der Waals surface area contributed by atoms with Gasteiger partial charge in [0.2, 0.25) is 11.8 Å². The van der Waals surface area contributed by atoms with Crippen LogP contribution in [0, 0.1) is 0 Å². The van der Waals surface area contributed by atoms with Crippen LogP contribution in [-0.4, -0.2) is 72.4 Å². The zero-order valence-corrected chi connectivity index (χ0v) is 12.0. The first-order valence-electron chi connectivity index (χ1n) is 7.09. The van der Waals surface area contributed by atoms with Crippen molar-refractivity contribution in [2.24, 2.45) is 0 Å². The van der Waals surface area contributed by atoms with Gasteiger partial charge in [-0.05, 0) is 20.3 Å². The first kappa shape index (κ1) is 15.2. The van der Waals surface area contributed by atoms with Gasteiger partial charge in [0.25, 0.3) is 0 Å². The van der Waals surface area contributed by atoms with Crippen molar-refractivity contribution in [3.63, 3.8) is 0 Å². The zero-order valence-electron chi connectivity index (χ0n) is 12.0. The lowest BCUT2D eigenvalue weighted by Crippen LogP contribution is -2.59. The second kappa shape index (κ2) is 6.51. The highest BCUT2D eigenvalue weighted by Crippen LogP contribution is 2.15. The minimum atomic E-state index is -0.585. The second-order valence-electron chi connectivity index (χ2n) is 5.64. The summed E-state index contributed by atoms with van der Waals surface area (Å²) in [5, 5.41) is 15.3. The average molecular weight is 285 g/mol. The van der Waals surface area contributed by atoms with Crippen LogP contribution < -0.4 is 10.6 Å². The van der Waals surface area contributed by atoms with E-state index in [0.717, 1.165) is 0 Å². The third-order valence-electron chi connectivity index (χ3n) is 3.55. The van der Waals surface area contributed by atoms with Gasteiger partial charge in [0.15, 0.2) is 0 Å². The molecule has 3 atom stereocenters. The fraction of sp³-hybridized carbons (Fsp3) is 0.846. The van der Waals surface area contributed by atoms with E-state index in [1.54, 1.807) is 4.90 Å². The zero-order chi connectivity index (χ0) is 14.7. The molecule has 0 aromatic heterocycles. The van der Waals surface area contributed by atoms with Crippen molar-refractivity contribution in [1.82, 2.24) is 15.5 Å². The standard InChI is InChI=1S/C13H23N3O4/c1-8(2)15-12(18)11-7-20-4-3-16(11)13(19)10-5-9(17)6-14-10/h8-11,14,17H,3-7H2,1-2H3,(H,15,18). The molecule has 0 spiro atoms. The summed E-state index contributed by atoms with van der Waals surface area (Å²) in [7, 11) is 0. The number of rotatable bonds is 3. The van der Waals surface area contributed by atoms with Crippen LogP contribution in [0.5, 0.6) is 0 Å². The normalized spacial score (nSPS) is 30.6. The molecule has 2 fully saturated rings. The Hall–Kier alpha value is -1.18. The molecule has 0 aliphatic carbocycles. The lowest BCUT2D eigenvalue weighted by molar-refractivity contribution is -0.150. The quantitative estimate of drug-likeness (QED) is 0.585. The van der Waals surface area contributed by atoms with Crippen LogP contribution in [0.25, 0.3) is 0 Å². The summed E-state index contributed by atoms with van der Waals surface area (Å²) in [4.78, 5) is 26.2. The maximum Gasteiger partial charge on any atom is 0.245 e. The van der Waals surface area contributed by atoms with Gasteiger partial charge in [0.1, 0.15) is 6.04 Å². The molecule has 0 saturated carbocycles. The number of aliphatic hydroxyl groups excluding tert-OH is 1. The van der Waals surface area contributed by atoms with Gasteiger partial charge in [0, 0.05) is 19.1 Å². The third kappa shape index (κ3) is 3.47. The number of morpholine rings is 1. The van der Waals surface area contributed by atoms with Crippen molar-refractivity contribution in [2.45, 2.75) is 44.5 Å². The first-order chi connectivity index (χ1) is 9.49. The molecular weight excluding hydrogens is 262 g/mol. The number of nitrogens with one attached hydrogen (secondary N) is 2. The van der Waals surface area contributed by atoms with Crippen molar-refractivity contribution in [3.05, 3.63) is 0 Å². The van der Waals surface area contributed by atoms with Crippen molar-refractivity contribution in [3.8, 4) is 0 Å². The van der Waals surface area contributed by atoms with Crippen molar-refractivity contribution < 1.29 is 19.4 Å². The Morgan fingerprint density at radius 1 is 1.45 bits per heavy atom. The Bertz CT molecular complexity index is 375. The lowest BCUT2D eigenvalue weighted by Gasteiger charge is -2.36. The number of ether oxygens (including phenoxy) is 1. The van der Waals surface area contributed by atoms with E-state index in [4.69, 9.17) is 4.74 Å². The number of nitrogens with zero attached hydrogens (tertiary/aromatic N) is 1. The van der Waals surface area contributed by atoms with Crippen LogP contribution in [0.3, 0.4) is 0 Å². The number of hydrogen-bond donors (Lipinski definition) is 3. The number of β-amino-alcohol motifs (C(OH)–C–C–N with tert-alkyl or cyclic N) is 1. The monoisotopic (exact) mass is 285 g/mol. The Balaban J connectivity index is 2.02. The molecule has 3 N–H and O–H groups in total. The fourth-order valence-electron chi connectivity index (χ4n) is 2.57. The average Bonchev–Trinajstić information content (AvgIpc) is 2.84. The molecule has 7 heteroatoms. The van der Waals surface area contributed by atoms with Gasteiger partial charge in [0.05, 0.1) is 25.4 Å². The maximum atomic E-state index is 12.5. The molecule has 2 heterocycles. The van der Waals surface area contributed by atoms with Gasteiger partial charge >= 0.3 is 0 Å². The fourth-order valence-corrected chi connectivity index (χ4v) is 2.57. The summed E-state index contributed by atoms with van der Waals surface area (Å²) in [6.45, 7) is 5.24. The van der Waals surface area contributed by atoms with Gasteiger partial charge in [-0.3, -0.25) is 9.59 Å². The van der Waals surface area contributed by atoms with Crippen molar-refractivity contribution in [2.75, 3.05) is 26.3 Å². The molecule has 7 nitrogen and oxygen atoms in total. The molecule has 0 bridgehead atoms. The van der Waals surface area contributed by atoms with Gasteiger partial charge in [-0.15, -0.1) is 0 Å². The molecule has 2 saturated heterocycles. The molecule has 20 heavy (non-hydrogen) atoms. The van der Waals surface area contributed by atoms with Gasteiger partial charge in [-0.25, -0.2) is 0 Å². The van der Waals surface area contributed by atoms with E-state index in [-0.39, 0.29) is 24.5 Å². The van der Waals surface area contributed by atoms with E-state index in [1.807, 2.05) is 13.8 Å². The van der Waals surface area contributed by atoms with E-state index in [2.05, 4.69) is 10.6 Å². The van der Waals surface area contributed by atoms with Crippen molar-refractivity contribution >= 4 is 11.8 Å². The van der Waals surface area contributed by atoms with Gasteiger partial charge in [-0.1, -0.05) is 0 Å². The largest absolute Gasteiger partial charge is 0.392 e. The topological polar surface area (TPSA) is 90.9 Å². The molecular formula is C13H23N3O4. The van der Waals surface area contributed by atoms with E-state index < -0.39 is 18.2 Å². The van der Waals surface area contributed by atoms with E-state index in [9.17, 15) is 14.7 Å². The van der Waals surface area contributed by atoms with Crippen LogP contribution in [0.4, 0.5) is 0 Å². The molecule has 0 radical (unpaired) electrons. The van der Waals surface area contributed by atoms with E-state index in [0.29, 0.717) is 26.1 Å². The molecule has 3 unspecified atom stereocenters. The Morgan fingerprint density at radius 2 is 2.20 bits per heavy atom. The van der Waals surface area contributed by atoms with Crippen LogP contribution >= 0.6 is 0 Å². The van der Waals surface area contributed by atoms with Crippen LogP contribution in [0.1, 0.15) is 20.3 Å². The number of carbonyl (C=O) groups is 2. The highest BCUT2D eigenvalue weighted by atomic mass is 16.5. The predicted octanol–water partition coefficient (Wildman–Crippen LogP) is -1.54. The van der Waals surface area contributed by atoms with Gasteiger partial charge in [-0.2, -0.15) is 0 Å². The Labute approximate surface area is 118 Å². The third-order valence-corrected chi connectivity index (χ3v) is 3.55. The maximum absolute atomic E-state index is 12.5. The lowest BCUT2D eigenvalue weighted by atomic mass is 10.1. The molecule has 0 aromatic rings. The SMILES string of the molecule is CC(C)NC(=O)C1COCCN1C(=O)C1CC(O)CN1. The summed E-state index contributed by atoms with van der Waals surface area (Å²) in [6.07, 6.45) is -0.0951. The molecule has 0 aromatic carbocycles. The summed E-state index contributed by atoms with van der Waals surface area (Å²) < 4.78 is 5.32. The summed E-state index contributed by atoms with van der Waals surface area (Å²) >= 11 is 0. The molecule has 2 aliphatic heterocycles. The minimum absolute atomic E-state index is 0.0211. The molecule has 2 aliphatic rings. The number of hydrogen-bond acceptors (Lipinski definition) is 5. The highest BCUT2D eigenvalue weighted by molar-refractivity contribution is 5.90. The summed E-state index contributed by atoms with van der Waals surface area (Å²) in [6, 6.07) is -0.969.